The molecule has 2 saturated carbocycles. The van der Waals surface area contributed by atoms with Gasteiger partial charge >= 0.3 is 0 Å². The molecule has 3 aliphatic heterocycles. The van der Waals surface area contributed by atoms with Crippen molar-refractivity contribution in [1.82, 2.24) is 19.6 Å². The number of aromatic nitrogens is 2. The van der Waals surface area contributed by atoms with Crippen LogP contribution in [0.5, 0.6) is 17.4 Å². The molecule has 5 heterocycles. The largest absolute Gasteiger partial charge is 0.472 e. The zero-order valence-electron chi connectivity index (χ0n) is 41.7. The Morgan fingerprint density at radius 2 is 1.79 bits per heavy atom. The molecule has 0 radical (unpaired) electrons. The summed E-state index contributed by atoms with van der Waals surface area (Å²) in [5.74, 6) is -0.615. The molecule has 10 rings (SSSR count). The maximum Gasteiger partial charge on any atom is 0.293 e. The molecule has 1 spiro atoms. The monoisotopic (exact) mass is 1020 g/mol. The SMILES string of the molecule is CC(C)c1ccccc1[C@@H]1CCC[C@@H]1N1CC2(CCN(c3ccc(C(=O)NS(=O)(=O)c4ccc(NCC5CCC(C)(O)CC5)c([N+](=O)[O-])c4)c(Oc4cc5c(F)c[nH]c5nc4OC[C@@H]4COCCO4)c3)CC2)C1. The number of nitro benzene ring substituents is 1. The molecule has 390 valence electrons. The Balaban J connectivity index is 0.890. The van der Waals surface area contributed by atoms with E-state index >= 15 is 4.39 Å². The number of H-pyrrole nitrogens is 1. The van der Waals surface area contributed by atoms with Gasteiger partial charge in [0.2, 0.25) is 0 Å². The van der Waals surface area contributed by atoms with Crippen LogP contribution < -0.4 is 24.4 Å². The van der Waals surface area contributed by atoms with E-state index in [2.05, 4.69) is 67.9 Å². The van der Waals surface area contributed by atoms with E-state index in [4.69, 9.17) is 18.9 Å². The van der Waals surface area contributed by atoms with Gasteiger partial charge in [-0.15, -0.1) is 0 Å². The number of likely N-dealkylation sites (tertiary alicyclic amines) is 1. The third-order valence-corrected chi connectivity index (χ3v) is 17.3. The number of fused-ring (bicyclic) bond motifs is 1. The van der Waals surface area contributed by atoms with Crippen molar-refractivity contribution in [3.05, 3.63) is 106 Å². The molecule has 3 atom stereocenters. The highest BCUT2D eigenvalue weighted by atomic mass is 32.2. The number of nitrogens with zero attached hydrogens (tertiary/aromatic N) is 4. The molecule has 4 N–H and O–H groups in total. The van der Waals surface area contributed by atoms with Crippen LogP contribution in [0.3, 0.4) is 0 Å². The van der Waals surface area contributed by atoms with Gasteiger partial charge in [0, 0.05) is 68.8 Å². The predicted octanol–water partition coefficient (Wildman–Crippen LogP) is 9.03. The van der Waals surface area contributed by atoms with Gasteiger partial charge in [-0.25, -0.2) is 17.5 Å². The normalized spacial score (nSPS) is 24.4. The van der Waals surface area contributed by atoms with Crippen LogP contribution in [0.4, 0.5) is 21.5 Å². The molecule has 17 nitrogen and oxygen atoms in total. The molecule has 19 heteroatoms. The molecule has 1 amide bonds. The highest BCUT2D eigenvalue weighted by molar-refractivity contribution is 7.90. The number of ether oxygens (including phenoxy) is 4. The fourth-order valence-electron chi connectivity index (χ4n) is 11.8. The van der Waals surface area contributed by atoms with Crippen molar-refractivity contribution in [3.63, 3.8) is 0 Å². The highest BCUT2D eigenvalue weighted by Gasteiger charge is 2.49. The minimum atomic E-state index is -4.70. The van der Waals surface area contributed by atoms with Crippen LogP contribution in [0, 0.1) is 27.3 Å². The number of hydrogen-bond donors (Lipinski definition) is 4. The zero-order valence-corrected chi connectivity index (χ0v) is 42.6. The number of nitrogens with one attached hydrogen (secondary N) is 3. The molecule has 0 bridgehead atoms. The lowest BCUT2D eigenvalue weighted by Crippen LogP contribution is -2.63. The number of sulfonamides is 1. The number of rotatable bonds is 16. The topological polar surface area (TPSA) is 211 Å². The lowest BCUT2D eigenvalue weighted by atomic mass is 9.70. The number of carbonyl (C=O) groups is 1. The van der Waals surface area contributed by atoms with Crippen LogP contribution >= 0.6 is 0 Å². The number of carbonyl (C=O) groups excluding carboxylic acids is 1. The maximum atomic E-state index is 15.1. The quantitative estimate of drug-likeness (QED) is 0.0537. The van der Waals surface area contributed by atoms with Gasteiger partial charge < -0.3 is 39.3 Å². The van der Waals surface area contributed by atoms with Crippen molar-refractivity contribution in [2.24, 2.45) is 11.3 Å². The average Bonchev–Trinajstić information content (AvgIpc) is 4.01. The first-order valence-electron chi connectivity index (χ1n) is 25.7. The highest BCUT2D eigenvalue weighted by Crippen LogP contribution is 2.49. The van der Waals surface area contributed by atoms with Crippen molar-refractivity contribution in [3.8, 4) is 17.4 Å². The average molecular weight is 1020 g/mol. The molecular formula is C54H66FN7O10S. The zero-order chi connectivity index (χ0) is 51.1. The molecular weight excluding hydrogens is 958 g/mol. The van der Waals surface area contributed by atoms with E-state index in [1.54, 1.807) is 19.1 Å². The van der Waals surface area contributed by atoms with Crippen LogP contribution in [-0.4, -0.2) is 116 Å². The van der Waals surface area contributed by atoms with E-state index < -0.39 is 49.0 Å². The summed E-state index contributed by atoms with van der Waals surface area (Å²) < 4.78 is 69.2. The van der Waals surface area contributed by atoms with Crippen molar-refractivity contribution < 1.29 is 46.6 Å². The van der Waals surface area contributed by atoms with E-state index in [1.165, 1.54) is 54.7 Å². The van der Waals surface area contributed by atoms with Gasteiger partial charge in [0.25, 0.3) is 27.5 Å². The first-order chi connectivity index (χ1) is 35.0. The number of piperidine rings is 1. The van der Waals surface area contributed by atoms with Gasteiger partial charge in [0.15, 0.2) is 5.75 Å². The van der Waals surface area contributed by atoms with Crippen molar-refractivity contribution in [2.45, 2.75) is 113 Å². The van der Waals surface area contributed by atoms with E-state index in [0.717, 1.165) is 69.8 Å². The van der Waals surface area contributed by atoms with Crippen LogP contribution in [0.15, 0.2) is 77.8 Å². The third-order valence-electron chi connectivity index (χ3n) is 16.0. The lowest BCUT2D eigenvalue weighted by molar-refractivity contribution is -0.384. The van der Waals surface area contributed by atoms with Gasteiger partial charge in [-0.05, 0) is 117 Å². The second-order valence-electron chi connectivity index (χ2n) is 21.5. The summed E-state index contributed by atoms with van der Waals surface area (Å²) in [5, 5.41) is 25.9. The number of benzene rings is 3. The number of aliphatic hydroxyl groups is 1. The van der Waals surface area contributed by atoms with Gasteiger partial charge in [-0.3, -0.25) is 19.8 Å². The van der Waals surface area contributed by atoms with E-state index in [-0.39, 0.29) is 64.2 Å². The Bertz CT molecular complexity index is 2940. The van der Waals surface area contributed by atoms with Gasteiger partial charge in [0.05, 0.1) is 46.2 Å². The van der Waals surface area contributed by atoms with E-state index in [9.17, 15) is 28.4 Å². The number of pyridine rings is 1. The Morgan fingerprint density at radius 1 is 1.01 bits per heavy atom. The van der Waals surface area contributed by atoms with Crippen molar-refractivity contribution >= 4 is 44.0 Å². The first kappa shape index (κ1) is 50.7. The Hall–Kier alpha value is -5.86. The summed E-state index contributed by atoms with van der Waals surface area (Å²) in [6.45, 7) is 11.5. The minimum Gasteiger partial charge on any atom is -0.472 e. The Kier molecular flexibility index (Phi) is 14.4. The second-order valence-corrected chi connectivity index (χ2v) is 23.1. The fourth-order valence-corrected chi connectivity index (χ4v) is 12.7. The molecule has 5 aliphatic rings. The number of amides is 1. The summed E-state index contributed by atoms with van der Waals surface area (Å²) in [6, 6.07) is 19.2. The van der Waals surface area contributed by atoms with Crippen LogP contribution in [0.1, 0.15) is 112 Å². The van der Waals surface area contributed by atoms with Crippen LogP contribution in [0.25, 0.3) is 11.0 Å². The number of anilines is 2. The van der Waals surface area contributed by atoms with Gasteiger partial charge in [0.1, 0.15) is 35.6 Å². The Labute approximate surface area is 425 Å². The number of hydrogen-bond acceptors (Lipinski definition) is 14. The third kappa shape index (κ3) is 11.0. The van der Waals surface area contributed by atoms with Crippen molar-refractivity contribution in [1.29, 1.82) is 0 Å². The Morgan fingerprint density at radius 3 is 2.53 bits per heavy atom. The molecule has 2 aliphatic carbocycles. The molecule has 3 saturated heterocycles. The van der Waals surface area contributed by atoms with Crippen molar-refractivity contribution in [2.75, 3.05) is 69.4 Å². The maximum absolute atomic E-state index is 15.1. The van der Waals surface area contributed by atoms with Crippen LogP contribution in [0.2, 0.25) is 0 Å². The number of nitro groups is 1. The second kappa shape index (κ2) is 20.8. The standard InChI is InChI=1S/C54H66FN7O10S/c1-34(2)39-7-4-5-8-40(39)41-9-6-10-46(41)61-32-54(33-61)19-21-60(22-20-54)36-11-13-42(48(25-36)72-49-27-43-44(55)29-57-50(43)58-52(49)71-31-37-30-69-23-24-70-37)51(63)59-73(67,68)38-12-14-45(47(26-38)62(65)66)56-28-35-15-17-53(3,64)18-16-35/h4-5,7-8,11-14,25-27,29,34-35,37,41,46,56,64H,6,9-10,15-24,28,30-33H2,1-3H3,(H,57,58)(H,59,63)/t35?,37-,41-,46-,53?/m0/s1. The summed E-state index contributed by atoms with van der Waals surface area (Å²) in [4.78, 5) is 37.7. The van der Waals surface area contributed by atoms with Gasteiger partial charge in [-0.2, -0.15) is 4.98 Å². The van der Waals surface area contributed by atoms with Gasteiger partial charge in [-0.1, -0.05) is 44.5 Å². The summed E-state index contributed by atoms with van der Waals surface area (Å²) in [6.07, 6.45) is 8.99. The molecule has 73 heavy (non-hydrogen) atoms. The smallest absolute Gasteiger partial charge is 0.293 e. The number of aromatic amines is 1. The summed E-state index contributed by atoms with van der Waals surface area (Å²) in [7, 11) is -4.70. The number of halogens is 1. The predicted molar refractivity (Wildman–Crippen MR) is 274 cm³/mol. The van der Waals surface area contributed by atoms with E-state index in [1.807, 2.05) is 0 Å². The molecule has 5 fully saturated rings. The molecule has 5 aromatic rings. The fraction of sp³-hybridized carbons (Fsp3) is 0.519. The summed E-state index contributed by atoms with van der Waals surface area (Å²) >= 11 is 0. The molecule has 2 aromatic heterocycles. The van der Waals surface area contributed by atoms with Crippen LogP contribution in [-0.2, 0) is 19.5 Å². The van der Waals surface area contributed by atoms with E-state index in [0.29, 0.717) is 50.5 Å². The molecule has 3 aromatic carbocycles. The first-order valence-corrected chi connectivity index (χ1v) is 27.2. The molecule has 0 unspecified atom stereocenters. The lowest BCUT2D eigenvalue weighted by Gasteiger charge is -2.57. The minimum absolute atomic E-state index is 0.0213. The summed E-state index contributed by atoms with van der Waals surface area (Å²) in [5.41, 5.74) is 2.81.